The average Bonchev–Trinajstić information content (AvgIpc) is 3.19. The maximum absolute atomic E-state index is 13.9. The second-order valence-corrected chi connectivity index (χ2v) is 6.56. The zero-order chi connectivity index (χ0) is 16.9. The first-order valence-electron chi connectivity index (χ1n) is 7.93. The van der Waals surface area contributed by atoms with E-state index in [1.54, 1.807) is 0 Å². The first kappa shape index (κ1) is 14.9. The fourth-order valence-electron chi connectivity index (χ4n) is 3.91. The van der Waals surface area contributed by atoms with E-state index < -0.39 is 11.8 Å². The number of hydrogen-bond donors (Lipinski definition) is 2. The lowest BCUT2D eigenvalue weighted by molar-refractivity contribution is -0.117. The minimum absolute atomic E-state index is 0.0524. The maximum atomic E-state index is 13.9. The summed E-state index contributed by atoms with van der Waals surface area (Å²) < 4.78 is 13.9. The number of aromatic carboxylic acids is 1. The van der Waals surface area contributed by atoms with E-state index in [9.17, 15) is 14.0 Å². The van der Waals surface area contributed by atoms with Crippen LogP contribution >= 0.6 is 0 Å². The summed E-state index contributed by atoms with van der Waals surface area (Å²) in [4.78, 5) is 23.6. The van der Waals surface area contributed by atoms with Crippen LogP contribution in [0, 0.1) is 11.7 Å². The van der Waals surface area contributed by atoms with E-state index in [1.807, 2.05) is 12.1 Å². The minimum Gasteiger partial charge on any atom is -0.478 e. The van der Waals surface area contributed by atoms with Crippen molar-refractivity contribution < 1.29 is 19.1 Å². The zero-order valence-electron chi connectivity index (χ0n) is 12.9. The van der Waals surface area contributed by atoms with Crippen molar-refractivity contribution in [3.05, 3.63) is 65.0 Å². The molecule has 0 bridgehead atoms. The fourth-order valence-corrected chi connectivity index (χ4v) is 3.91. The average molecular weight is 325 g/mol. The number of hydrogen-bond acceptors (Lipinski definition) is 2. The molecule has 2 atom stereocenters. The number of rotatable bonds is 3. The standard InChI is InChI=1S/C19H16FNO3/c20-15-6-5-12(18(23)24)9-16(15)21-17(22)14-10-19(14)8-7-11-3-1-2-4-13(11)19/h1-6,9,14H,7-8,10H2,(H,21,22)(H,23,24). The molecule has 24 heavy (non-hydrogen) atoms. The Morgan fingerprint density at radius 3 is 2.79 bits per heavy atom. The zero-order valence-corrected chi connectivity index (χ0v) is 12.9. The Morgan fingerprint density at radius 1 is 1.21 bits per heavy atom. The summed E-state index contributed by atoms with van der Waals surface area (Å²) in [7, 11) is 0. The minimum atomic E-state index is -1.15. The van der Waals surface area contributed by atoms with Crippen LogP contribution in [-0.2, 0) is 16.6 Å². The molecule has 2 aliphatic rings. The van der Waals surface area contributed by atoms with E-state index in [2.05, 4.69) is 17.4 Å². The molecule has 0 heterocycles. The molecular weight excluding hydrogens is 309 g/mol. The molecular formula is C19H16FNO3. The SMILES string of the molecule is O=C(O)c1ccc(F)c(NC(=O)C2CC23CCc2ccccc23)c1. The molecule has 2 aliphatic carbocycles. The number of benzene rings is 2. The molecule has 2 unspecified atom stereocenters. The maximum Gasteiger partial charge on any atom is 0.335 e. The van der Waals surface area contributed by atoms with Gasteiger partial charge in [-0.05, 0) is 48.6 Å². The summed E-state index contributed by atoms with van der Waals surface area (Å²) >= 11 is 0. The number of fused-ring (bicyclic) bond motifs is 2. The van der Waals surface area contributed by atoms with Gasteiger partial charge in [-0.1, -0.05) is 24.3 Å². The van der Waals surface area contributed by atoms with E-state index >= 15 is 0 Å². The molecule has 0 saturated heterocycles. The number of carbonyl (C=O) groups excluding carboxylic acids is 1. The van der Waals surface area contributed by atoms with Gasteiger partial charge in [0.1, 0.15) is 5.82 Å². The number of carboxylic acids is 1. The predicted octanol–water partition coefficient (Wildman–Crippen LogP) is 3.37. The summed E-state index contributed by atoms with van der Waals surface area (Å²) in [5, 5.41) is 11.6. The van der Waals surface area contributed by atoms with Crippen molar-refractivity contribution in [2.45, 2.75) is 24.7 Å². The molecule has 4 rings (SSSR count). The third-order valence-corrected chi connectivity index (χ3v) is 5.26. The van der Waals surface area contributed by atoms with Crippen LogP contribution in [0.25, 0.3) is 0 Å². The van der Waals surface area contributed by atoms with Gasteiger partial charge in [0, 0.05) is 11.3 Å². The highest BCUT2D eigenvalue weighted by atomic mass is 19.1. The molecule has 0 aromatic heterocycles. The van der Waals surface area contributed by atoms with Gasteiger partial charge in [0.05, 0.1) is 11.3 Å². The Kier molecular flexibility index (Phi) is 3.20. The Balaban J connectivity index is 1.55. The van der Waals surface area contributed by atoms with Crippen molar-refractivity contribution in [1.29, 1.82) is 0 Å². The number of carbonyl (C=O) groups is 2. The molecule has 1 fully saturated rings. The molecule has 2 N–H and O–H groups in total. The van der Waals surface area contributed by atoms with Gasteiger partial charge in [0.2, 0.25) is 5.91 Å². The molecule has 1 saturated carbocycles. The third kappa shape index (κ3) is 2.19. The topological polar surface area (TPSA) is 66.4 Å². The van der Waals surface area contributed by atoms with Crippen LogP contribution in [0.5, 0.6) is 0 Å². The van der Waals surface area contributed by atoms with Crippen LogP contribution in [0.3, 0.4) is 0 Å². The largest absolute Gasteiger partial charge is 0.478 e. The Hall–Kier alpha value is -2.69. The van der Waals surface area contributed by atoms with Crippen LogP contribution in [0.2, 0.25) is 0 Å². The number of nitrogens with one attached hydrogen (secondary N) is 1. The summed E-state index contributed by atoms with van der Waals surface area (Å²) in [6.07, 6.45) is 2.65. The van der Waals surface area contributed by atoms with Crippen molar-refractivity contribution in [3.63, 3.8) is 0 Å². The quantitative estimate of drug-likeness (QED) is 0.909. The van der Waals surface area contributed by atoms with Crippen molar-refractivity contribution in [2.24, 2.45) is 5.92 Å². The summed E-state index contributed by atoms with van der Waals surface area (Å²) in [6.45, 7) is 0. The molecule has 0 radical (unpaired) electrons. The molecule has 5 heteroatoms. The molecule has 2 aromatic rings. The predicted molar refractivity (Wildman–Crippen MR) is 86.5 cm³/mol. The van der Waals surface area contributed by atoms with Crippen molar-refractivity contribution >= 4 is 17.6 Å². The normalized spacial score (nSPS) is 23.8. The van der Waals surface area contributed by atoms with Gasteiger partial charge in [-0.2, -0.15) is 0 Å². The van der Waals surface area contributed by atoms with E-state index in [0.717, 1.165) is 31.4 Å². The smallest absolute Gasteiger partial charge is 0.335 e. The molecule has 122 valence electrons. The number of amides is 1. The van der Waals surface area contributed by atoms with Crippen LogP contribution in [0.15, 0.2) is 42.5 Å². The van der Waals surface area contributed by atoms with Crippen LogP contribution < -0.4 is 5.32 Å². The van der Waals surface area contributed by atoms with Gasteiger partial charge in [-0.3, -0.25) is 4.79 Å². The Bertz CT molecular complexity index is 863. The lowest BCUT2D eigenvalue weighted by atomic mass is 9.95. The third-order valence-electron chi connectivity index (χ3n) is 5.26. The van der Waals surface area contributed by atoms with Crippen LogP contribution in [-0.4, -0.2) is 17.0 Å². The Morgan fingerprint density at radius 2 is 2.00 bits per heavy atom. The Labute approximate surface area is 138 Å². The first-order chi connectivity index (χ1) is 11.5. The number of halogens is 1. The highest BCUT2D eigenvalue weighted by molar-refractivity contribution is 5.98. The highest BCUT2D eigenvalue weighted by Gasteiger charge is 2.61. The lowest BCUT2D eigenvalue weighted by Gasteiger charge is -2.12. The lowest BCUT2D eigenvalue weighted by Crippen LogP contribution is -2.20. The monoisotopic (exact) mass is 325 g/mol. The van der Waals surface area contributed by atoms with Crippen LogP contribution in [0.1, 0.15) is 34.3 Å². The van der Waals surface area contributed by atoms with E-state index in [0.29, 0.717) is 0 Å². The summed E-state index contributed by atoms with van der Waals surface area (Å²) in [5.41, 5.74) is 2.26. The first-order valence-corrected chi connectivity index (χ1v) is 7.93. The molecule has 2 aromatic carbocycles. The van der Waals surface area contributed by atoms with Gasteiger partial charge >= 0.3 is 5.97 Å². The number of carboxylic acid groups (broad SMARTS) is 1. The van der Waals surface area contributed by atoms with Crippen molar-refractivity contribution in [3.8, 4) is 0 Å². The van der Waals surface area contributed by atoms with Gasteiger partial charge in [-0.25, -0.2) is 9.18 Å². The highest BCUT2D eigenvalue weighted by Crippen LogP contribution is 2.61. The second kappa shape index (κ2) is 5.16. The second-order valence-electron chi connectivity index (χ2n) is 6.56. The molecule has 4 nitrogen and oxygen atoms in total. The fraction of sp³-hybridized carbons (Fsp3) is 0.263. The van der Waals surface area contributed by atoms with Gasteiger partial charge in [-0.15, -0.1) is 0 Å². The molecule has 0 aliphatic heterocycles. The molecule has 1 spiro atoms. The van der Waals surface area contributed by atoms with E-state index in [-0.39, 0.29) is 28.5 Å². The number of aryl methyl sites for hydroxylation is 1. The van der Waals surface area contributed by atoms with E-state index in [4.69, 9.17) is 5.11 Å². The summed E-state index contributed by atoms with van der Waals surface area (Å²) in [6, 6.07) is 11.5. The molecule has 1 amide bonds. The summed E-state index contributed by atoms with van der Waals surface area (Å²) in [5.74, 6) is -2.21. The van der Waals surface area contributed by atoms with E-state index in [1.165, 1.54) is 17.2 Å². The van der Waals surface area contributed by atoms with Crippen molar-refractivity contribution in [2.75, 3.05) is 5.32 Å². The van der Waals surface area contributed by atoms with Crippen LogP contribution in [0.4, 0.5) is 10.1 Å². The van der Waals surface area contributed by atoms with Gasteiger partial charge in [0.25, 0.3) is 0 Å². The van der Waals surface area contributed by atoms with Crippen molar-refractivity contribution in [1.82, 2.24) is 0 Å². The van der Waals surface area contributed by atoms with Gasteiger partial charge in [0.15, 0.2) is 0 Å². The number of anilines is 1. The van der Waals surface area contributed by atoms with Gasteiger partial charge < -0.3 is 10.4 Å².